The standard InChI is InChI=1S/C82H131NO8/c1-6-8-10-12-14-16-18-20-22-24-26-28-30-32-34-35-36-37-38-39-40-41-42-43-44-45-47-49-51-53-55-57-59-61-63-65-67-69-71-73-80(85)91-78(77-90-82(81(86)87)88-75-74-83(3,4)5)76-89-79(84)72-70-68-66-64-62-60-58-56-54-52-50-48-46-33-31-29-27-25-23-21-19-17-15-13-11-9-7-2/h8-11,14-17,20-23,26-29,32-34,36-37,39-40,42-43,46,50,52,56,58,78,82H,6-7,12-13,18-19,24-25,30-31,35,38,41,44-45,47-49,51,53-55,57,59-77H2,1-5H3/p+1/b10-8-,11-9-,16-14-,17-15-,22-20-,23-21-,28-26-,29-27-,34-32-,37-36-,40-39-,43-42-,46-33-,52-50-,58-56-. The molecule has 0 aromatic rings. The van der Waals surface area contributed by atoms with Gasteiger partial charge in [-0.05, 0) is 135 Å². The molecule has 0 saturated heterocycles. The fourth-order valence-corrected chi connectivity index (χ4v) is 9.25. The highest BCUT2D eigenvalue weighted by Crippen LogP contribution is 2.16. The van der Waals surface area contributed by atoms with Gasteiger partial charge >= 0.3 is 17.9 Å². The number of carbonyl (C=O) groups is 3. The number of unbranched alkanes of at least 4 members (excludes halogenated alkanes) is 19. The lowest BCUT2D eigenvalue weighted by molar-refractivity contribution is -0.870. The quantitative estimate of drug-likeness (QED) is 0.0211. The first-order valence-electron chi connectivity index (χ1n) is 35.9. The minimum Gasteiger partial charge on any atom is -0.477 e. The molecule has 0 bridgehead atoms. The Morgan fingerprint density at radius 3 is 0.879 bits per heavy atom. The fraction of sp³-hybridized carbons (Fsp3) is 0.598. The second-order valence-electron chi connectivity index (χ2n) is 24.4. The van der Waals surface area contributed by atoms with Gasteiger partial charge in [0.1, 0.15) is 13.2 Å². The van der Waals surface area contributed by atoms with Gasteiger partial charge in [-0.1, -0.05) is 292 Å². The molecule has 0 amide bonds. The summed E-state index contributed by atoms with van der Waals surface area (Å²) in [4.78, 5) is 37.6. The predicted molar refractivity (Wildman–Crippen MR) is 391 cm³/mol. The van der Waals surface area contributed by atoms with Crippen molar-refractivity contribution in [1.82, 2.24) is 0 Å². The number of rotatable bonds is 64. The average molecular weight is 1260 g/mol. The molecule has 0 spiro atoms. The van der Waals surface area contributed by atoms with Crippen LogP contribution >= 0.6 is 0 Å². The van der Waals surface area contributed by atoms with E-state index < -0.39 is 24.3 Å². The van der Waals surface area contributed by atoms with Crippen molar-refractivity contribution in [3.63, 3.8) is 0 Å². The molecule has 0 aliphatic rings. The van der Waals surface area contributed by atoms with Crippen molar-refractivity contribution >= 4 is 17.9 Å². The predicted octanol–water partition coefficient (Wildman–Crippen LogP) is 22.8. The zero-order chi connectivity index (χ0) is 66.1. The maximum Gasteiger partial charge on any atom is 0.361 e. The topological polar surface area (TPSA) is 108 Å². The van der Waals surface area contributed by atoms with E-state index in [4.69, 9.17) is 18.9 Å². The summed E-state index contributed by atoms with van der Waals surface area (Å²) in [6.45, 7) is 4.61. The van der Waals surface area contributed by atoms with Crippen molar-refractivity contribution in [1.29, 1.82) is 0 Å². The van der Waals surface area contributed by atoms with Crippen LogP contribution in [-0.2, 0) is 33.3 Å². The van der Waals surface area contributed by atoms with E-state index in [1.165, 1.54) is 70.6 Å². The Hall–Kier alpha value is -5.61. The molecule has 0 saturated carbocycles. The highest BCUT2D eigenvalue weighted by Gasteiger charge is 2.25. The van der Waals surface area contributed by atoms with Crippen molar-refractivity contribution in [2.24, 2.45) is 0 Å². The molecule has 0 aliphatic heterocycles. The first-order chi connectivity index (χ1) is 44.6. The third kappa shape index (κ3) is 71.7. The van der Waals surface area contributed by atoms with Crippen LogP contribution < -0.4 is 0 Å². The number of esters is 2. The number of carbonyl (C=O) groups excluding carboxylic acids is 2. The first kappa shape index (κ1) is 85.4. The molecule has 0 radical (unpaired) electrons. The molecule has 9 heteroatoms. The normalized spacial score (nSPS) is 13.8. The smallest absolute Gasteiger partial charge is 0.361 e. The summed E-state index contributed by atoms with van der Waals surface area (Å²) in [6, 6.07) is 0. The molecule has 1 N–H and O–H groups in total. The van der Waals surface area contributed by atoms with Gasteiger partial charge in [-0.3, -0.25) is 9.59 Å². The van der Waals surface area contributed by atoms with E-state index in [0.717, 1.165) is 148 Å². The van der Waals surface area contributed by atoms with Gasteiger partial charge < -0.3 is 28.5 Å². The Morgan fingerprint density at radius 1 is 0.330 bits per heavy atom. The molecule has 0 aromatic heterocycles. The second-order valence-corrected chi connectivity index (χ2v) is 24.4. The van der Waals surface area contributed by atoms with Gasteiger partial charge in [-0.2, -0.15) is 0 Å². The summed E-state index contributed by atoms with van der Waals surface area (Å²) in [5.74, 6) is -2.05. The zero-order valence-electron chi connectivity index (χ0n) is 58.4. The largest absolute Gasteiger partial charge is 0.477 e. The van der Waals surface area contributed by atoms with E-state index in [0.29, 0.717) is 23.9 Å². The highest BCUT2D eigenvalue weighted by molar-refractivity contribution is 5.71. The van der Waals surface area contributed by atoms with Crippen LogP contribution in [0.1, 0.15) is 258 Å². The highest BCUT2D eigenvalue weighted by atomic mass is 16.7. The van der Waals surface area contributed by atoms with Crippen molar-refractivity contribution < 1.29 is 42.9 Å². The number of carboxylic acid groups (broad SMARTS) is 1. The van der Waals surface area contributed by atoms with Gasteiger partial charge in [-0.15, -0.1) is 0 Å². The summed E-state index contributed by atoms with van der Waals surface area (Å²) in [7, 11) is 5.96. The van der Waals surface area contributed by atoms with E-state index in [1.807, 2.05) is 21.1 Å². The number of hydrogen-bond acceptors (Lipinski definition) is 7. The fourth-order valence-electron chi connectivity index (χ4n) is 9.25. The van der Waals surface area contributed by atoms with Crippen LogP contribution in [0.5, 0.6) is 0 Å². The summed E-state index contributed by atoms with van der Waals surface area (Å²) in [5, 5.41) is 9.75. The van der Waals surface area contributed by atoms with Gasteiger partial charge in [0, 0.05) is 12.8 Å². The third-order valence-corrected chi connectivity index (χ3v) is 14.7. The Kier molecular flexibility index (Phi) is 65.9. The van der Waals surface area contributed by atoms with Gasteiger partial charge in [0.05, 0.1) is 34.4 Å². The van der Waals surface area contributed by atoms with E-state index in [2.05, 4.69) is 196 Å². The molecular weight excluding hydrogens is 1130 g/mol. The van der Waals surface area contributed by atoms with Crippen LogP contribution in [0.25, 0.3) is 0 Å². The molecule has 2 unspecified atom stereocenters. The summed E-state index contributed by atoms with van der Waals surface area (Å²) in [6.07, 6.45) is 104. The molecule has 512 valence electrons. The maximum absolute atomic E-state index is 13.0. The third-order valence-electron chi connectivity index (χ3n) is 14.7. The van der Waals surface area contributed by atoms with Crippen molar-refractivity contribution in [3.8, 4) is 0 Å². The number of aliphatic carboxylic acids is 1. The number of ether oxygens (including phenoxy) is 4. The Labute approximate surface area is 558 Å². The van der Waals surface area contributed by atoms with Crippen LogP contribution in [0.2, 0.25) is 0 Å². The molecule has 0 fully saturated rings. The van der Waals surface area contributed by atoms with Crippen molar-refractivity contribution in [2.75, 3.05) is 47.5 Å². The van der Waals surface area contributed by atoms with Gasteiger partial charge in [0.15, 0.2) is 6.10 Å². The molecule has 0 heterocycles. The summed E-state index contributed by atoms with van der Waals surface area (Å²) < 4.78 is 23.0. The zero-order valence-corrected chi connectivity index (χ0v) is 58.4. The Morgan fingerprint density at radius 2 is 0.593 bits per heavy atom. The Balaban J connectivity index is 4.18. The summed E-state index contributed by atoms with van der Waals surface area (Å²) in [5.41, 5.74) is 0. The lowest BCUT2D eigenvalue weighted by Crippen LogP contribution is -2.40. The molecular formula is C82H132NO8+. The van der Waals surface area contributed by atoms with E-state index in [1.54, 1.807) is 0 Å². The second kappa shape index (κ2) is 70.3. The number of likely N-dealkylation sites (N-methyl/N-ethyl adjacent to an activating group) is 1. The van der Waals surface area contributed by atoms with Gasteiger partial charge in [-0.25, -0.2) is 4.79 Å². The molecule has 0 aliphatic carbocycles. The number of hydrogen-bond donors (Lipinski definition) is 1. The van der Waals surface area contributed by atoms with Crippen LogP contribution in [0, 0.1) is 0 Å². The van der Waals surface area contributed by atoms with Gasteiger partial charge in [0.25, 0.3) is 6.29 Å². The monoisotopic (exact) mass is 1260 g/mol. The van der Waals surface area contributed by atoms with Crippen LogP contribution in [0.15, 0.2) is 182 Å². The SMILES string of the molecule is CC/C=C\C/C=C\C/C=C\C/C=C\C/C=C\C/C=C\C/C=C\C/C=C\CCCCCCCCCCCCCCCCC(=O)OC(COC(=O)CCCCCCC/C=C\C/C=C\C/C=C\C/C=C\C/C=C\C/C=C\C/C=C\CC)COC(OCC[N+](C)(C)C)C(=O)O. The van der Waals surface area contributed by atoms with Crippen LogP contribution in [0.3, 0.4) is 0 Å². The minimum atomic E-state index is -1.53. The molecule has 2 atom stereocenters. The van der Waals surface area contributed by atoms with Crippen molar-refractivity contribution in [2.45, 2.75) is 270 Å². The van der Waals surface area contributed by atoms with Crippen LogP contribution in [-0.4, -0.2) is 87.4 Å². The lowest BCUT2D eigenvalue weighted by Gasteiger charge is -2.25. The molecule has 0 aromatic carbocycles. The molecule has 0 rings (SSSR count). The number of allylic oxidation sites excluding steroid dienone is 30. The van der Waals surface area contributed by atoms with E-state index in [-0.39, 0.29) is 38.6 Å². The lowest BCUT2D eigenvalue weighted by atomic mass is 10.0. The van der Waals surface area contributed by atoms with Crippen molar-refractivity contribution in [3.05, 3.63) is 182 Å². The number of quaternary nitrogens is 1. The number of carboxylic acids is 1. The number of nitrogens with zero attached hydrogens (tertiary/aromatic N) is 1. The van der Waals surface area contributed by atoms with E-state index >= 15 is 0 Å². The van der Waals surface area contributed by atoms with Gasteiger partial charge in [0.2, 0.25) is 0 Å². The van der Waals surface area contributed by atoms with Crippen LogP contribution in [0.4, 0.5) is 0 Å². The van der Waals surface area contributed by atoms with E-state index in [9.17, 15) is 19.5 Å². The first-order valence-corrected chi connectivity index (χ1v) is 35.9. The average Bonchev–Trinajstić information content (AvgIpc) is 3.46. The molecule has 9 nitrogen and oxygen atoms in total. The Bertz CT molecular complexity index is 2150. The molecule has 91 heavy (non-hydrogen) atoms. The minimum absolute atomic E-state index is 0.175. The summed E-state index contributed by atoms with van der Waals surface area (Å²) >= 11 is 0. The maximum atomic E-state index is 13.0.